The number of hydrogen-bond acceptors (Lipinski definition) is 4. The highest BCUT2D eigenvalue weighted by Crippen LogP contribution is 2.27. The molecule has 1 saturated heterocycles. The molecule has 3 atom stereocenters. The van der Waals surface area contributed by atoms with Crippen molar-refractivity contribution in [3.05, 3.63) is 22.4 Å². The number of nitrogens with two attached hydrogens (primary N) is 1. The zero-order valence-electron chi connectivity index (χ0n) is 11.0. The Labute approximate surface area is 113 Å². The molecule has 2 rings (SSSR count). The van der Waals surface area contributed by atoms with Crippen molar-refractivity contribution in [1.29, 1.82) is 0 Å². The normalized spacial score (nSPS) is 23.8. The van der Waals surface area contributed by atoms with E-state index in [4.69, 9.17) is 15.2 Å². The molecule has 0 spiro atoms. The van der Waals surface area contributed by atoms with Crippen LogP contribution in [0.2, 0.25) is 0 Å². The minimum absolute atomic E-state index is 0.0144. The van der Waals surface area contributed by atoms with E-state index in [-0.39, 0.29) is 18.2 Å². The van der Waals surface area contributed by atoms with E-state index in [0.717, 1.165) is 19.4 Å². The molecule has 0 aromatic carbocycles. The van der Waals surface area contributed by atoms with Crippen LogP contribution in [0.3, 0.4) is 0 Å². The lowest BCUT2D eigenvalue weighted by Gasteiger charge is -2.27. The minimum atomic E-state index is 0.0144. The van der Waals surface area contributed by atoms with Crippen LogP contribution in [0.5, 0.6) is 0 Å². The molecule has 1 aliphatic heterocycles. The van der Waals surface area contributed by atoms with Crippen molar-refractivity contribution >= 4 is 11.3 Å². The predicted octanol–water partition coefficient (Wildman–Crippen LogP) is 3.11. The summed E-state index contributed by atoms with van der Waals surface area (Å²) in [5, 5.41) is 2.07. The van der Waals surface area contributed by atoms with Crippen LogP contribution < -0.4 is 5.73 Å². The van der Waals surface area contributed by atoms with Gasteiger partial charge in [-0.25, -0.2) is 0 Å². The lowest BCUT2D eigenvalue weighted by molar-refractivity contribution is -0.0686. The molecule has 18 heavy (non-hydrogen) atoms. The maximum atomic E-state index is 6.16. The fraction of sp³-hybridized carbons (Fsp3) is 0.714. The second kappa shape index (κ2) is 7.24. The average Bonchev–Trinajstić information content (AvgIpc) is 2.94. The molecule has 0 aliphatic carbocycles. The van der Waals surface area contributed by atoms with Gasteiger partial charge in [-0.3, -0.25) is 0 Å². The van der Waals surface area contributed by atoms with Gasteiger partial charge in [-0.05, 0) is 37.1 Å². The van der Waals surface area contributed by atoms with E-state index < -0.39 is 0 Å². The van der Waals surface area contributed by atoms with Crippen molar-refractivity contribution in [3.8, 4) is 0 Å². The first-order valence-corrected chi connectivity index (χ1v) is 7.71. The second-order valence-electron chi connectivity index (χ2n) is 4.83. The summed E-state index contributed by atoms with van der Waals surface area (Å²) in [5.74, 6) is 0. The van der Waals surface area contributed by atoms with Crippen molar-refractivity contribution in [1.82, 2.24) is 0 Å². The zero-order chi connectivity index (χ0) is 12.8. The Hall–Kier alpha value is -0.420. The van der Waals surface area contributed by atoms with Crippen LogP contribution in [0, 0.1) is 0 Å². The first kappa shape index (κ1) is 14.0. The Kier molecular flexibility index (Phi) is 5.63. The Balaban J connectivity index is 1.89. The van der Waals surface area contributed by atoms with Gasteiger partial charge in [0, 0.05) is 17.5 Å². The maximum Gasteiger partial charge on any atom is 0.107 e. The third kappa shape index (κ3) is 3.79. The highest BCUT2D eigenvalue weighted by Gasteiger charge is 2.23. The minimum Gasteiger partial charge on any atom is -0.376 e. The van der Waals surface area contributed by atoms with Gasteiger partial charge in [0.1, 0.15) is 6.10 Å². The average molecular weight is 269 g/mol. The molecular formula is C14H23NO2S. The molecule has 102 valence electrons. The first-order chi connectivity index (χ1) is 8.81. The van der Waals surface area contributed by atoms with Crippen LogP contribution in [0.1, 0.15) is 43.6 Å². The second-order valence-corrected chi connectivity index (χ2v) is 5.81. The Bertz CT molecular complexity index is 323. The van der Waals surface area contributed by atoms with Gasteiger partial charge in [-0.15, -0.1) is 11.3 Å². The molecule has 4 heteroatoms. The van der Waals surface area contributed by atoms with Gasteiger partial charge in [0.25, 0.3) is 0 Å². The summed E-state index contributed by atoms with van der Waals surface area (Å²) in [6.45, 7) is 3.64. The van der Waals surface area contributed by atoms with E-state index in [0.29, 0.717) is 6.61 Å². The molecule has 1 aromatic heterocycles. The van der Waals surface area contributed by atoms with Crippen LogP contribution in [-0.4, -0.2) is 25.4 Å². The molecule has 1 aromatic rings. The molecule has 3 nitrogen and oxygen atoms in total. The fourth-order valence-corrected chi connectivity index (χ4v) is 3.08. The highest BCUT2D eigenvalue weighted by molar-refractivity contribution is 7.10. The molecule has 2 heterocycles. The fourth-order valence-electron chi connectivity index (χ4n) is 2.23. The van der Waals surface area contributed by atoms with Gasteiger partial charge in [0.15, 0.2) is 0 Å². The van der Waals surface area contributed by atoms with E-state index in [2.05, 4.69) is 24.4 Å². The van der Waals surface area contributed by atoms with E-state index in [1.165, 1.54) is 17.7 Å². The monoisotopic (exact) mass is 269 g/mol. The quantitative estimate of drug-likeness (QED) is 0.863. The molecule has 0 amide bonds. The third-order valence-electron chi connectivity index (χ3n) is 3.42. The summed E-state index contributed by atoms with van der Waals surface area (Å²) in [5.41, 5.74) is 6.16. The molecule has 0 saturated carbocycles. The summed E-state index contributed by atoms with van der Waals surface area (Å²) in [4.78, 5) is 1.22. The lowest BCUT2D eigenvalue weighted by Crippen LogP contribution is -2.32. The predicted molar refractivity (Wildman–Crippen MR) is 74.9 cm³/mol. The standard InChI is InChI=1S/C14H23NO2S/c1-2-12(15)14(13-7-5-9-18-13)17-10-11-6-3-4-8-16-11/h5,7,9,11-12,14H,2-4,6,8,10,15H2,1H3. The third-order valence-corrected chi connectivity index (χ3v) is 4.35. The van der Waals surface area contributed by atoms with Crippen molar-refractivity contribution < 1.29 is 9.47 Å². The molecule has 0 radical (unpaired) electrons. The lowest BCUT2D eigenvalue weighted by atomic mass is 10.1. The molecule has 1 fully saturated rings. The number of hydrogen-bond donors (Lipinski definition) is 1. The Morgan fingerprint density at radius 3 is 3.06 bits per heavy atom. The van der Waals surface area contributed by atoms with Gasteiger partial charge in [-0.2, -0.15) is 0 Å². The van der Waals surface area contributed by atoms with Crippen LogP contribution in [-0.2, 0) is 9.47 Å². The SMILES string of the molecule is CCC(N)C(OCC1CCCCO1)c1cccs1. The van der Waals surface area contributed by atoms with Crippen molar-refractivity contribution in [2.24, 2.45) is 5.73 Å². The molecular weight excluding hydrogens is 246 g/mol. The topological polar surface area (TPSA) is 44.5 Å². The van der Waals surface area contributed by atoms with Gasteiger partial charge >= 0.3 is 0 Å². The van der Waals surface area contributed by atoms with Crippen LogP contribution in [0.15, 0.2) is 17.5 Å². The van der Waals surface area contributed by atoms with Crippen LogP contribution in [0.4, 0.5) is 0 Å². The zero-order valence-corrected chi connectivity index (χ0v) is 11.8. The van der Waals surface area contributed by atoms with Crippen molar-refractivity contribution in [3.63, 3.8) is 0 Å². The highest BCUT2D eigenvalue weighted by atomic mass is 32.1. The molecule has 0 bridgehead atoms. The Morgan fingerprint density at radius 2 is 2.44 bits per heavy atom. The Morgan fingerprint density at radius 1 is 1.56 bits per heavy atom. The summed E-state index contributed by atoms with van der Waals surface area (Å²) >= 11 is 1.72. The summed E-state index contributed by atoms with van der Waals surface area (Å²) in [7, 11) is 0. The van der Waals surface area contributed by atoms with Gasteiger partial charge < -0.3 is 15.2 Å². The van der Waals surface area contributed by atoms with E-state index in [1.54, 1.807) is 11.3 Å². The number of ether oxygens (including phenoxy) is 2. The van der Waals surface area contributed by atoms with Gasteiger partial charge in [0.05, 0.1) is 12.7 Å². The largest absolute Gasteiger partial charge is 0.376 e. The smallest absolute Gasteiger partial charge is 0.107 e. The van der Waals surface area contributed by atoms with Gasteiger partial charge in [-0.1, -0.05) is 13.0 Å². The molecule has 3 unspecified atom stereocenters. The van der Waals surface area contributed by atoms with E-state index in [1.807, 2.05) is 0 Å². The van der Waals surface area contributed by atoms with E-state index >= 15 is 0 Å². The maximum absolute atomic E-state index is 6.16. The summed E-state index contributed by atoms with van der Waals surface area (Å²) in [6, 6.07) is 4.22. The molecule has 1 aliphatic rings. The van der Waals surface area contributed by atoms with Crippen molar-refractivity contribution in [2.75, 3.05) is 13.2 Å². The molecule has 2 N–H and O–H groups in total. The summed E-state index contributed by atoms with van der Waals surface area (Å²) in [6.07, 6.45) is 4.73. The first-order valence-electron chi connectivity index (χ1n) is 6.83. The number of thiophene rings is 1. The summed E-state index contributed by atoms with van der Waals surface area (Å²) < 4.78 is 11.7. The van der Waals surface area contributed by atoms with Crippen LogP contribution in [0.25, 0.3) is 0 Å². The van der Waals surface area contributed by atoms with Gasteiger partial charge in [0.2, 0.25) is 0 Å². The van der Waals surface area contributed by atoms with Crippen LogP contribution >= 0.6 is 11.3 Å². The van der Waals surface area contributed by atoms with E-state index in [9.17, 15) is 0 Å². The number of rotatable bonds is 6. The van der Waals surface area contributed by atoms with Crippen molar-refractivity contribution in [2.45, 2.75) is 50.9 Å².